The molecule has 0 N–H and O–H groups in total. The molecule has 3 rings (SSSR count). The van der Waals surface area contributed by atoms with Crippen molar-refractivity contribution < 1.29 is 14.3 Å². The van der Waals surface area contributed by atoms with Gasteiger partial charge in [0.1, 0.15) is 6.29 Å². The maximum absolute atomic E-state index is 13.4. The summed E-state index contributed by atoms with van der Waals surface area (Å²) in [5.41, 5.74) is 0. The minimum atomic E-state index is -2.34. The van der Waals surface area contributed by atoms with Gasteiger partial charge in [-0.3, -0.25) is 0 Å². The second-order valence-electron chi connectivity index (χ2n) is 10.0. The van der Waals surface area contributed by atoms with Crippen molar-refractivity contribution in [3.05, 3.63) is 91.0 Å². The minimum absolute atomic E-state index is 0.110. The van der Waals surface area contributed by atoms with Crippen molar-refractivity contribution in [2.75, 3.05) is 0 Å². The molecule has 38 heavy (non-hydrogen) atoms. The fourth-order valence-electron chi connectivity index (χ4n) is 5.00. The molecule has 3 aromatic carbocycles. The van der Waals surface area contributed by atoms with Crippen LogP contribution in [0.1, 0.15) is 77.6 Å². The molecule has 3 aromatic rings. The Bertz CT molecular complexity index is 1020. The lowest BCUT2D eigenvalue weighted by atomic mass is 10.0. The Morgan fingerprint density at radius 1 is 0.658 bits per heavy atom. The number of esters is 1. The fraction of sp³-hybridized carbons (Fsp3) is 0.382. The number of carbonyl (C=O) groups is 2. The summed E-state index contributed by atoms with van der Waals surface area (Å²) in [5.74, 6) is 1.63. The number of benzene rings is 3. The molecule has 0 bridgehead atoms. The van der Waals surface area contributed by atoms with Crippen LogP contribution in [0.2, 0.25) is 0 Å². The average Bonchev–Trinajstić information content (AvgIpc) is 2.96. The van der Waals surface area contributed by atoms with Crippen molar-refractivity contribution in [2.45, 2.75) is 83.7 Å². The van der Waals surface area contributed by atoms with Crippen molar-refractivity contribution in [3.63, 3.8) is 0 Å². The molecule has 0 saturated carbocycles. The second-order valence-corrected chi connectivity index (χ2v) is 13.3. The largest absolute Gasteiger partial charge is 0.459 e. The number of rotatable bonds is 17. The van der Waals surface area contributed by atoms with Gasteiger partial charge in [-0.05, 0) is 49.0 Å². The number of aldehydes is 1. The highest BCUT2D eigenvalue weighted by atomic mass is 31.2. The van der Waals surface area contributed by atoms with Crippen LogP contribution in [0.5, 0.6) is 0 Å². The molecule has 0 fully saturated rings. The Balaban J connectivity index is 1.62. The number of unbranched alkanes of at least 4 members (excludes halogenated alkanes) is 9. The Hall–Kier alpha value is -2.90. The van der Waals surface area contributed by atoms with Crippen LogP contribution >= 0.6 is 6.89 Å². The van der Waals surface area contributed by atoms with Gasteiger partial charge in [-0.25, -0.2) is 4.79 Å². The molecule has 0 amide bonds. The molecule has 3 nitrogen and oxygen atoms in total. The van der Waals surface area contributed by atoms with E-state index < -0.39 is 6.89 Å². The lowest BCUT2D eigenvalue weighted by molar-refractivity contribution is -0.139. The molecule has 0 heterocycles. The zero-order chi connectivity index (χ0) is 26.9. The highest BCUT2D eigenvalue weighted by Crippen LogP contribution is 2.43. The maximum Gasteiger partial charge on any atom is 0.332 e. The van der Waals surface area contributed by atoms with E-state index in [0.29, 0.717) is 6.42 Å². The third kappa shape index (κ3) is 9.14. The van der Waals surface area contributed by atoms with Crippen LogP contribution in [0, 0.1) is 0 Å². The van der Waals surface area contributed by atoms with E-state index in [1.807, 2.05) is 67.3 Å². The highest BCUT2D eigenvalue weighted by Gasteiger charge is 2.27. The van der Waals surface area contributed by atoms with Gasteiger partial charge in [0.05, 0.1) is 6.10 Å². The maximum atomic E-state index is 13.4. The predicted octanol–water partition coefficient (Wildman–Crippen LogP) is 7.20. The van der Waals surface area contributed by atoms with Gasteiger partial charge in [0.15, 0.2) is 0 Å². The van der Waals surface area contributed by atoms with Gasteiger partial charge < -0.3 is 9.53 Å². The third-order valence-electron chi connectivity index (χ3n) is 7.04. The molecule has 0 aliphatic carbocycles. The zero-order valence-electron chi connectivity index (χ0n) is 22.8. The normalized spacial score (nSPS) is 12.0. The van der Waals surface area contributed by atoms with Crippen LogP contribution in [-0.4, -0.2) is 24.2 Å². The Labute approximate surface area is 229 Å². The van der Waals surface area contributed by atoms with Gasteiger partial charge in [-0.1, -0.05) is 136 Å². The third-order valence-corrected chi connectivity index (χ3v) is 11.0. The fourth-order valence-corrected chi connectivity index (χ4v) is 8.65. The minimum Gasteiger partial charge on any atom is -0.459 e. The van der Waals surface area contributed by atoms with Crippen LogP contribution in [0.15, 0.2) is 91.0 Å². The number of hydrogen-bond acceptors (Lipinski definition) is 3. The van der Waals surface area contributed by atoms with Gasteiger partial charge in [-0.2, -0.15) is 0 Å². The van der Waals surface area contributed by atoms with E-state index in [4.69, 9.17) is 4.74 Å². The first-order valence-electron chi connectivity index (χ1n) is 14.2. The van der Waals surface area contributed by atoms with E-state index in [1.54, 1.807) is 0 Å². The molecule has 0 aliphatic heterocycles. The first-order chi connectivity index (χ1) is 18.7. The first kappa shape index (κ1) is 29.7. The van der Waals surface area contributed by atoms with Crippen LogP contribution in [-0.2, 0) is 14.3 Å². The Morgan fingerprint density at radius 2 is 1.05 bits per heavy atom. The summed E-state index contributed by atoms with van der Waals surface area (Å²) in [7, 11) is 0. The second kappa shape index (κ2) is 16.8. The Kier molecular flexibility index (Phi) is 13.1. The number of ether oxygens (including phenoxy) is 1. The van der Waals surface area contributed by atoms with Crippen LogP contribution in [0.3, 0.4) is 0 Å². The SMILES string of the molecule is C[C@H](CCCCCCCCCCCC=O)OC(=O)C=P(c1ccccc1)(c1ccccc1)c1ccccc1. The summed E-state index contributed by atoms with van der Waals surface area (Å²) in [6, 6.07) is 31.1. The molecule has 4 heteroatoms. The average molecular weight is 531 g/mol. The lowest BCUT2D eigenvalue weighted by Gasteiger charge is -2.28. The zero-order valence-corrected chi connectivity index (χ0v) is 23.7. The molecular weight excluding hydrogens is 487 g/mol. The predicted molar refractivity (Wildman–Crippen MR) is 164 cm³/mol. The van der Waals surface area contributed by atoms with Crippen molar-refractivity contribution in [1.29, 1.82) is 0 Å². The summed E-state index contributed by atoms with van der Waals surface area (Å²) in [6.07, 6.45) is 13.2. The summed E-state index contributed by atoms with van der Waals surface area (Å²) in [4.78, 5) is 23.8. The van der Waals surface area contributed by atoms with Crippen molar-refractivity contribution >= 4 is 40.9 Å². The van der Waals surface area contributed by atoms with E-state index >= 15 is 0 Å². The molecular formula is C34H43O3P. The molecule has 0 radical (unpaired) electrons. The molecule has 0 aliphatic rings. The van der Waals surface area contributed by atoms with Gasteiger partial charge >= 0.3 is 5.97 Å². The standard InChI is InChI=1S/C34H43O3P/c1-30(21-13-8-6-4-2-3-5-7-9-20-28-35)37-34(36)29-38(31-22-14-10-15-23-31,32-24-16-11-17-25-32)33-26-18-12-19-27-33/h10-12,14-19,22-30H,2-9,13,20-21H2,1H3/t30-/m1/s1. The van der Waals surface area contributed by atoms with E-state index in [1.165, 1.54) is 44.9 Å². The van der Waals surface area contributed by atoms with Crippen molar-refractivity contribution in [1.82, 2.24) is 0 Å². The smallest absolute Gasteiger partial charge is 0.332 e. The summed E-state index contributed by atoms with van der Waals surface area (Å²) < 4.78 is 5.97. The topological polar surface area (TPSA) is 43.4 Å². The van der Waals surface area contributed by atoms with Gasteiger partial charge in [-0.15, -0.1) is 0 Å². The molecule has 1 atom stereocenters. The van der Waals surface area contributed by atoms with Crippen LogP contribution in [0.25, 0.3) is 0 Å². The number of carbonyl (C=O) groups excluding carboxylic acids is 2. The van der Waals surface area contributed by atoms with Crippen LogP contribution < -0.4 is 15.9 Å². The van der Waals surface area contributed by atoms with E-state index in [9.17, 15) is 9.59 Å². The van der Waals surface area contributed by atoms with Crippen molar-refractivity contribution in [2.24, 2.45) is 0 Å². The van der Waals surface area contributed by atoms with Crippen molar-refractivity contribution in [3.8, 4) is 0 Å². The molecule has 202 valence electrons. The van der Waals surface area contributed by atoms with E-state index in [-0.39, 0.29) is 12.1 Å². The Morgan fingerprint density at radius 3 is 1.47 bits per heavy atom. The van der Waals surface area contributed by atoms with E-state index in [2.05, 4.69) is 36.4 Å². The molecule has 0 saturated heterocycles. The molecule has 0 aromatic heterocycles. The number of hydrogen-bond donors (Lipinski definition) is 0. The molecule has 0 unspecified atom stereocenters. The quantitative estimate of drug-likeness (QED) is 0.0802. The van der Waals surface area contributed by atoms with Gasteiger partial charge in [0.25, 0.3) is 0 Å². The summed E-state index contributed by atoms with van der Waals surface area (Å²) in [5, 5.41) is 3.43. The monoisotopic (exact) mass is 530 g/mol. The molecule has 0 spiro atoms. The van der Waals surface area contributed by atoms with Gasteiger partial charge in [0, 0.05) is 12.2 Å². The summed E-state index contributed by atoms with van der Waals surface area (Å²) >= 11 is 0. The van der Waals surface area contributed by atoms with Crippen LogP contribution in [0.4, 0.5) is 0 Å². The van der Waals surface area contributed by atoms with E-state index in [0.717, 1.165) is 41.5 Å². The summed E-state index contributed by atoms with van der Waals surface area (Å²) in [6.45, 7) is -0.326. The van der Waals surface area contributed by atoms with Gasteiger partial charge in [0.2, 0.25) is 0 Å². The highest BCUT2D eigenvalue weighted by molar-refractivity contribution is 7.95. The first-order valence-corrected chi connectivity index (χ1v) is 16.1. The lowest BCUT2D eigenvalue weighted by Crippen LogP contribution is -2.29.